The molecule has 0 aliphatic rings. The molecule has 0 saturated heterocycles. The second kappa shape index (κ2) is 85.6. The first-order valence-corrected chi connectivity index (χ1v) is 1.02. The van der Waals surface area contributed by atoms with Gasteiger partial charge in [-0.05, 0) is 6.92 Å². The summed E-state index contributed by atoms with van der Waals surface area (Å²) in [7, 11) is 0. The van der Waals surface area contributed by atoms with Crippen molar-refractivity contribution in [3.63, 3.8) is 0 Å². The van der Waals surface area contributed by atoms with Crippen LogP contribution in [-0.4, -0.2) is 11.7 Å². The maximum Gasteiger partial charge on any atom is 5.00 e. The molecule has 0 saturated carbocycles. The van der Waals surface area contributed by atoms with E-state index in [1.54, 1.807) is 6.92 Å². The second-order valence-electron chi connectivity index (χ2n) is 0.316. The summed E-state index contributed by atoms with van der Waals surface area (Å²) in [5.74, 6) is 0. The Kier molecular flexibility index (Phi) is 635. The monoisotopic (exact) mass is 402 g/mol. The molecule has 9 heavy (non-hydrogen) atoms. The van der Waals surface area contributed by atoms with Crippen LogP contribution in [0.25, 0.3) is 0 Å². The summed E-state index contributed by atoms with van der Waals surface area (Å²) >= 11 is 0. The summed E-state index contributed by atoms with van der Waals surface area (Å²) in [6, 6.07) is 0. The molecular formula is C2H6Cl5OTa. The zero-order valence-electron chi connectivity index (χ0n) is 4.49. The first kappa shape index (κ1) is 66.7. The molecule has 0 unspecified atom stereocenters. The van der Waals surface area contributed by atoms with Gasteiger partial charge in [0.1, 0.15) is 0 Å². The summed E-state index contributed by atoms with van der Waals surface area (Å²) in [6.07, 6.45) is 0. The molecule has 0 radical (unpaired) electrons. The van der Waals surface area contributed by atoms with E-state index in [0.717, 1.165) is 0 Å². The molecular weight excluding hydrogens is 398 g/mol. The van der Waals surface area contributed by atoms with Gasteiger partial charge in [0.25, 0.3) is 0 Å². The van der Waals surface area contributed by atoms with Gasteiger partial charge in [0.15, 0.2) is 0 Å². The first-order chi connectivity index (χ1) is 1.41. The minimum absolute atomic E-state index is 0. The summed E-state index contributed by atoms with van der Waals surface area (Å²) in [5.41, 5.74) is 0. The number of hydrogen-bond acceptors (Lipinski definition) is 1. The molecule has 0 aromatic carbocycles. The zero-order chi connectivity index (χ0) is 2.71. The Morgan fingerprint density at radius 2 is 0.889 bits per heavy atom. The van der Waals surface area contributed by atoms with Crippen LogP contribution in [0.2, 0.25) is 0 Å². The minimum atomic E-state index is 0. The third-order valence-corrected chi connectivity index (χ3v) is 0. The van der Waals surface area contributed by atoms with Crippen LogP contribution >= 0.6 is 0 Å². The van der Waals surface area contributed by atoms with Gasteiger partial charge in [-0.25, -0.2) is 0 Å². The van der Waals surface area contributed by atoms with E-state index in [4.69, 9.17) is 5.11 Å². The number of aliphatic hydroxyl groups excluding tert-OH is 1. The van der Waals surface area contributed by atoms with Crippen molar-refractivity contribution in [1.29, 1.82) is 0 Å². The van der Waals surface area contributed by atoms with E-state index >= 15 is 0 Å². The quantitative estimate of drug-likeness (QED) is 0.426. The summed E-state index contributed by atoms with van der Waals surface area (Å²) in [5, 5.41) is 7.57. The van der Waals surface area contributed by atoms with Crippen LogP contribution in [0.4, 0.5) is 0 Å². The molecule has 0 aliphatic heterocycles. The Bertz CT molecular complexity index is 14.9. The molecule has 1 N–H and O–H groups in total. The number of rotatable bonds is 0. The Labute approximate surface area is 102 Å². The van der Waals surface area contributed by atoms with E-state index in [1.807, 2.05) is 0 Å². The summed E-state index contributed by atoms with van der Waals surface area (Å²) < 4.78 is 0. The normalized spacial score (nSPS) is 2.00. The molecule has 0 atom stereocenters. The zero-order valence-corrected chi connectivity index (χ0v) is 11.5. The van der Waals surface area contributed by atoms with E-state index in [0.29, 0.717) is 0 Å². The van der Waals surface area contributed by atoms with Crippen LogP contribution in [0, 0.1) is 0 Å². The predicted molar refractivity (Wildman–Crippen MR) is 12.8 cm³/mol. The molecule has 0 rings (SSSR count). The summed E-state index contributed by atoms with van der Waals surface area (Å²) in [4.78, 5) is 0. The largest absolute Gasteiger partial charge is 5.00 e. The molecule has 0 aromatic heterocycles. The van der Waals surface area contributed by atoms with Gasteiger partial charge in [0.2, 0.25) is 0 Å². The topological polar surface area (TPSA) is 20.2 Å². The van der Waals surface area contributed by atoms with Gasteiger partial charge < -0.3 is 67.1 Å². The average Bonchev–Trinajstić information content (AvgIpc) is 0.918. The number of halogens is 5. The minimum Gasteiger partial charge on any atom is -1.00 e. The molecule has 0 amide bonds. The predicted octanol–water partition coefficient (Wildman–Crippen LogP) is -15.0. The van der Waals surface area contributed by atoms with Gasteiger partial charge in [0, 0.05) is 6.61 Å². The SMILES string of the molecule is CCO.[Cl-].[Cl-].[Cl-].[Cl-].[Cl-].[Ta+5]. The third kappa shape index (κ3) is 146. The standard InChI is InChI=1S/C2H6O.5ClH.Ta/c1-2-3;;;;;;/h3H,2H2,1H3;5*1H;/q;;;;;;+5/p-5. The van der Waals surface area contributed by atoms with Crippen LogP contribution in [0.5, 0.6) is 0 Å². The Balaban J connectivity index is -0.00000000133. The fourth-order valence-electron chi connectivity index (χ4n) is 0. The smallest absolute Gasteiger partial charge is 1.00 e. The van der Waals surface area contributed by atoms with Gasteiger partial charge in [-0.3, -0.25) is 0 Å². The second-order valence-corrected chi connectivity index (χ2v) is 0.316. The van der Waals surface area contributed by atoms with Gasteiger partial charge in [-0.15, -0.1) is 0 Å². The Morgan fingerprint density at radius 1 is 0.889 bits per heavy atom. The van der Waals surface area contributed by atoms with Crippen molar-refractivity contribution in [2.45, 2.75) is 6.92 Å². The summed E-state index contributed by atoms with van der Waals surface area (Å²) in [6.45, 7) is 1.93. The van der Waals surface area contributed by atoms with E-state index in [1.165, 1.54) is 0 Å². The van der Waals surface area contributed by atoms with Gasteiger partial charge in [-0.1, -0.05) is 0 Å². The number of aliphatic hydroxyl groups is 1. The third-order valence-electron chi connectivity index (χ3n) is 0. The van der Waals surface area contributed by atoms with E-state index < -0.39 is 0 Å². The fourth-order valence-corrected chi connectivity index (χ4v) is 0. The number of hydrogen-bond donors (Lipinski definition) is 1. The van der Waals surface area contributed by atoms with Crippen molar-refractivity contribution in [2.75, 3.05) is 6.61 Å². The van der Waals surface area contributed by atoms with E-state index in [9.17, 15) is 0 Å². The molecule has 0 heterocycles. The average molecular weight is 404 g/mol. The molecule has 0 spiro atoms. The van der Waals surface area contributed by atoms with Crippen molar-refractivity contribution in [3.05, 3.63) is 0 Å². The molecule has 0 aliphatic carbocycles. The fraction of sp³-hybridized carbons (Fsp3) is 1.00. The van der Waals surface area contributed by atoms with Crippen LogP contribution in [0.3, 0.4) is 0 Å². The van der Waals surface area contributed by atoms with Gasteiger partial charge in [-0.2, -0.15) is 0 Å². The van der Waals surface area contributed by atoms with Crippen LogP contribution in [0.1, 0.15) is 6.92 Å². The van der Waals surface area contributed by atoms with Crippen LogP contribution < -0.4 is 62.0 Å². The molecule has 1 nitrogen and oxygen atoms in total. The Hall–Kier alpha value is 2.15. The molecule has 60 valence electrons. The van der Waals surface area contributed by atoms with E-state index in [-0.39, 0.29) is 91.0 Å². The van der Waals surface area contributed by atoms with E-state index in [2.05, 4.69) is 0 Å². The van der Waals surface area contributed by atoms with Crippen LogP contribution in [-0.2, 0) is 22.4 Å². The van der Waals surface area contributed by atoms with Crippen molar-refractivity contribution in [1.82, 2.24) is 0 Å². The van der Waals surface area contributed by atoms with Crippen molar-refractivity contribution < 1.29 is 89.5 Å². The molecule has 0 aromatic rings. The van der Waals surface area contributed by atoms with Gasteiger partial charge >= 0.3 is 22.4 Å². The maximum atomic E-state index is 7.57. The Morgan fingerprint density at radius 3 is 0.889 bits per heavy atom. The van der Waals surface area contributed by atoms with Crippen molar-refractivity contribution in [2.24, 2.45) is 0 Å². The molecule has 0 fully saturated rings. The molecule has 0 bridgehead atoms. The first-order valence-electron chi connectivity index (χ1n) is 1.02. The van der Waals surface area contributed by atoms with Crippen LogP contribution in [0.15, 0.2) is 0 Å². The molecule has 7 heteroatoms. The van der Waals surface area contributed by atoms with Crippen molar-refractivity contribution in [3.8, 4) is 0 Å². The van der Waals surface area contributed by atoms with Gasteiger partial charge in [0.05, 0.1) is 0 Å². The maximum absolute atomic E-state index is 7.57. The van der Waals surface area contributed by atoms with Crippen molar-refractivity contribution >= 4 is 0 Å².